The molecule has 0 aromatic heterocycles. The zero-order valence-corrected chi connectivity index (χ0v) is 11.1. The van der Waals surface area contributed by atoms with Crippen LogP contribution < -0.4 is 16.2 Å². The number of hydrogen-bond donors (Lipinski definition) is 2. The van der Waals surface area contributed by atoms with Gasteiger partial charge < -0.3 is 16.2 Å². The lowest BCUT2D eigenvalue weighted by Gasteiger charge is -2.19. The smallest absolute Gasteiger partial charge is 0.187 e. The van der Waals surface area contributed by atoms with E-state index >= 15 is 0 Å². The minimum absolute atomic E-state index is 0.0200. The SMILES string of the molecule is CC(C)(C)CCOc1c(N)cc(N)c(Cl)c1F. The molecule has 1 aromatic rings. The van der Waals surface area contributed by atoms with Crippen LogP contribution in [0.1, 0.15) is 27.2 Å². The molecule has 0 saturated carbocycles. The van der Waals surface area contributed by atoms with E-state index in [-0.39, 0.29) is 27.6 Å². The highest BCUT2D eigenvalue weighted by molar-refractivity contribution is 6.33. The van der Waals surface area contributed by atoms with E-state index in [0.29, 0.717) is 6.61 Å². The van der Waals surface area contributed by atoms with Gasteiger partial charge in [0.15, 0.2) is 11.6 Å². The van der Waals surface area contributed by atoms with Crippen molar-refractivity contribution in [2.45, 2.75) is 27.2 Å². The van der Waals surface area contributed by atoms with Gasteiger partial charge in [0.1, 0.15) is 5.02 Å². The summed E-state index contributed by atoms with van der Waals surface area (Å²) in [6.07, 6.45) is 0.786. The molecule has 4 N–H and O–H groups in total. The van der Waals surface area contributed by atoms with Gasteiger partial charge in [0.25, 0.3) is 0 Å². The summed E-state index contributed by atoms with van der Waals surface area (Å²) in [6, 6.07) is 1.40. The van der Waals surface area contributed by atoms with E-state index in [9.17, 15) is 4.39 Å². The van der Waals surface area contributed by atoms with Crippen molar-refractivity contribution in [3.63, 3.8) is 0 Å². The molecule has 0 aliphatic rings. The Labute approximate surface area is 106 Å². The average Bonchev–Trinajstić information content (AvgIpc) is 2.18. The first kappa shape index (κ1) is 13.9. The molecule has 96 valence electrons. The fraction of sp³-hybridized carbons (Fsp3) is 0.500. The molecule has 0 amide bonds. The summed E-state index contributed by atoms with van der Waals surface area (Å²) in [5, 5.41) is -0.148. The number of nitrogen functional groups attached to an aromatic ring is 2. The standard InChI is InChI=1S/C12H18ClFN2O/c1-12(2,3)4-5-17-11-8(16)6-7(15)9(13)10(11)14/h6H,4-5,15-16H2,1-3H3. The molecule has 0 saturated heterocycles. The van der Waals surface area contributed by atoms with Gasteiger partial charge in [-0.1, -0.05) is 32.4 Å². The maximum atomic E-state index is 13.7. The highest BCUT2D eigenvalue weighted by Crippen LogP contribution is 2.35. The normalized spacial score (nSPS) is 11.6. The van der Waals surface area contributed by atoms with E-state index in [4.69, 9.17) is 27.8 Å². The predicted molar refractivity (Wildman–Crippen MR) is 69.8 cm³/mol. The third kappa shape index (κ3) is 3.66. The average molecular weight is 261 g/mol. The summed E-state index contributed by atoms with van der Waals surface area (Å²) < 4.78 is 19.1. The first-order valence-electron chi connectivity index (χ1n) is 5.38. The topological polar surface area (TPSA) is 61.3 Å². The van der Waals surface area contributed by atoms with Crippen molar-refractivity contribution in [3.8, 4) is 5.75 Å². The van der Waals surface area contributed by atoms with Gasteiger partial charge in [0, 0.05) is 0 Å². The molecule has 0 radical (unpaired) electrons. The molecule has 1 rings (SSSR count). The second-order valence-electron chi connectivity index (χ2n) is 5.17. The number of benzene rings is 1. The molecule has 0 heterocycles. The Balaban J connectivity index is 2.82. The zero-order chi connectivity index (χ0) is 13.2. The predicted octanol–water partition coefficient (Wildman–Crippen LogP) is 3.46. The van der Waals surface area contributed by atoms with Crippen LogP contribution >= 0.6 is 11.6 Å². The largest absolute Gasteiger partial charge is 0.488 e. The van der Waals surface area contributed by atoms with E-state index < -0.39 is 5.82 Å². The van der Waals surface area contributed by atoms with Crippen LogP contribution in [0.3, 0.4) is 0 Å². The first-order valence-corrected chi connectivity index (χ1v) is 5.76. The Hall–Kier alpha value is -1.16. The number of hydrogen-bond acceptors (Lipinski definition) is 3. The van der Waals surface area contributed by atoms with Crippen molar-refractivity contribution >= 4 is 23.0 Å². The molecule has 0 aliphatic carbocycles. The van der Waals surface area contributed by atoms with E-state index in [2.05, 4.69) is 20.8 Å². The summed E-state index contributed by atoms with van der Waals surface area (Å²) in [7, 11) is 0. The van der Waals surface area contributed by atoms with Gasteiger partial charge in [-0.05, 0) is 17.9 Å². The lowest BCUT2D eigenvalue weighted by molar-refractivity contribution is 0.236. The first-order chi connectivity index (χ1) is 7.72. The Morgan fingerprint density at radius 3 is 2.41 bits per heavy atom. The van der Waals surface area contributed by atoms with Crippen LogP contribution in [0.4, 0.5) is 15.8 Å². The molecule has 0 unspecified atom stereocenters. The van der Waals surface area contributed by atoms with Crippen LogP contribution in [-0.2, 0) is 0 Å². The molecule has 5 heteroatoms. The number of ether oxygens (including phenoxy) is 1. The van der Waals surface area contributed by atoms with Crippen LogP contribution in [0.5, 0.6) is 5.75 Å². The van der Waals surface area contributed by atoms with Gasteiger partial charge in [0.05, 0.1) is 18.0 Å². The maximum absolute atomic E-state index is 13.7. The van der Waals surface area contributed by atoms with E-state index in [1.165, 1.54) is 6.07 Å². The van der Waals surface area contributed by atoms with Crippen molar-refractivity contribution in [2.75, 3.05) is 18.1 Å². The fourth-order valence-electron chi connectivity index (χ4n) is 1.26. The monoisotopic (exact) mass is 260 g/mol. The molecule has 17 heavy (non-hydrogen) atoms. The lowest BCUT2D eigenvalue weighted by atomic mass is 9.93. The lowest BCUT2D eigenvalue weighted by Crippen LogP contribution is -2.12. The number of halogens is 2. The number of nitrogens with two attached hydrogens (primary N) is 2. The van der Waals surface area contributed by atoms with Crippen LogP contribution in [-0.4, -0.2) is 6.61 Å². The van der Waals surface area contributed by atoms with Gasteiger partial charge in [0.2, 0.25) is 0 Å². The van der Waals surface area contributed by atoms with E-state index in [1.807, 2.05) is 0 Å². The molecular weight excluding hydrogens is 243 g/mol. The minimum Gasteiger partial charge on any atom is -0.488 e. The van der Waals surface area contributed by atoms with Gasteiger partial charge in [-0.25, -0.2) is 4.39 Å². The second-order valence-corrected chi connectivity index (χ2v) is 5.55. The van der Waals surface area contributed by atoms with Gasteiger partial charge in [-0.2, -0.15) is 0 Å². The van der Waals surface area contributed by atoms with Gasteiger partial charge >= 0.3 is 0 Å². The molecule has 0 fully saturated rings. The third-order valence-electron chi connectivity index (χ3n) is 2.32. The zero-order valence-electron chi connectivity index (χ0n) is 10.3. The van der Waals surface area contributed by atoms with Gasteiger partial charge in [-0.3, -0.25) is 0 Å². The molecule has 0 aliphatic heterocycles. The minimum atomic E-state index is -0.696. The Bertz CT molecular complexity index is 416. The van der Waals surface area contributed by atoms with Crippen LogP contribution in [0.2, 0.25) is 5.02 Å². The summed E-state index contributed by atoms with van der Waals surface area (Å²) in [5.41, 5.74) is 11.5. The van der Waals surface area contributed by atoms with E-state index in [1.54, 1.807) is 0 Å². The molecule has 3 nitrogen and oxygen atoms in total. The van der Waals surface area contributed by atoms with Gasteiger partial charge in [-0.15, -0.1) is 0 Å². The van der Waals surface area contributed by atoms with Crippen molar-refractivity contribution in [2.24, 2.45) is 5.41 Å². The molecule has 0 spiro atoms. The van der Waals surface area contributed by atoms with Crippen LogP contribution in [0, 0.1) is 11.2 Å². The third-order valence-corrected chi connectivity index (χ3v) is 2.70. The van der Waals surface area contributed by atoms with Crippen LogP contribution in [0.25, 0.3) is 0 Å². The van der Waals surface area contributed by atoms with Crippen molar-refractivity contribution in [1.29, 1.82) is 0 Å². The Morgan fingerprint density at radius 2 is 1.88 bits per heavy atom. The Morgan fingerprint density at radius 1 is 1.29 bits per heavy atom. The quantitative estimate of drug-likeness (QED) is 0.818. The fourth-order valence-corrected chi connectivity index (χ4v) is 1.40. The highest BCUT2D eigenvalue weighted by Gasteiger charge is 2.17. The summed E-state index contributed by atoms with van der Waals surface area (Å²) in [4.78, 5) is 0. The molecule has 1 aromatic carbocycles. The number of anilines is 2. The summed E-state index contributed by atoms with van der Waals surface area (Å²) in [5.74, 6) is -0.716. The van der Waals surface area contributed by atoms with E-state index in [0.717, 1.165) is 6.42 Å². The van der Waals surface area contributed by atoms with Crippen LogP contribution in [0.15, 0.2) is 6.07 Å². The van der Waals surface area contributed by atoms with Crippen molar-refractivity contribution < 1.29 is 9.13 Å². The van der Waals surface area contributed by atoms with Crippen molar-refractivity contribution in [3.05, 3.63) is 16.9 Å². The summed E-state index contributed by atoms with van der Waals surface area (Å²) in [6.45, 7) is 6.61. The highest BCUT2D eigenvalue weighted by atomic mass is 35.5. The summed E-state index contributed by atoms with van der Waals surface area (Å²) >= 11 is 5.69. The molecule has 0 atom stereocenters. The molecular formula is C12H18ClFN2O. The number of rotatable bonds is 3. The maximum Gasteiger partial charge on any atom is 0.187 e. The Kier molecular flexibility index (Phi) is 4.09. The van der Waals surface area contributed by atoms with Crippen molar-refractivity contribution in [1.82, 2.24) is 0 Å². The second kappa shape index (κ2) is 5.00. The molecule has 0 bridgehead atoms.